The third-order valence-corrected chi connectivity index (χ3v) is 6.21. The largest absolute Gasteiger partial charge is 0.348 e. The van der Waals surface area contributed by atoms with Crippen LogP contribution in [-0.2, 0) is 6.42 Å². The highest BCUT2D eigenvalue weighted by Gasteiger charge is 2.14. The molecule has 1 fully saturated rings. The van der Waals surface area contributed by atoms with Gasteiger partial charge in [-0.05, 0) is 74.7 Å². The fraction of sp³-hybridized carbons (Fsp3) is 0.407. The molecule has 4 nitrogen and oxygen atoms in total. The molecule has 0 amide bonds. The molecule has 0 atom stereocenters. The Labute approximate surface area is 187 Å². The van der Waals surface area contributed by atoms with Gasteiger partial charge in [0.1, 0.15) is 0 Å². The van der Waals surface area contributed by atoms with Crippen LogP contribution in [0.25, 0.3) is 0 Å². The first-order valence-corrected chi connectivity index (χ1v) is 11.4. The highest BCUT2D eigenvalue weighted by molar-refractivity contribution is 6.10. The smallest absolute Gasteiger partial charge is 0.0894 e. The second-order valence-electron chi connectivity index (χ2n) is 8.51. The summed E-state index contributed by atoms with van der Waals surface area (Å²) in [5, 5.41) is 3.58. The zero-order chi connectivity index (χ0) is 22.1. The van der Waals surface area contributed by atoms with E-state index in [1.807, 2.05) is 6.08 Å². The lowest BCUT2D eigenvalue weighted by molar-refractivity contribution is 0.378. The Morgan fingerprint density at radius 3 is 2.71 bits per heavy atom. The second kappa shape index (κ2) is 11.6. The number of hydrogen-bond donors (Lipinski definition) is 1. The Morgan fingerprint density at radius 2 is 2.00 bits per heavy atom. The number of hydrogen-bond acceptors (Lipinski definition) is 4. The average molecular weight is 417 g/mol. The van der Waals surface area contributed by atoms with Crippen molar-refractivity contribution in [3.63, 3.8) is 0 Å². The molecule has 1 heterocycles. The van der Waals surface area contributed by atoms with E-state index in [1.165, 1.54) is 48.8 Å². The molecular formula is C27H36N4. The van der Waals surface area contributed by atoms with Crippen molar-refractivity contribution in [2.75, 3.05) is 13.2 Å². The molecule has 1 N–H and O–H groups in total. The van der Waals surface area contributed by atoms with E-state index in [4.69, 9.17) is 4.99 Å². The van der Waals surface area contributed by atoms with Crippen molar-refractivity contribution in [2.24, 2.45) is 9.98 Å². The number of allylic oxidation sites excluding steroid dienone is 4. The summed E-state index contributed by atoms with van der Waals surface area (Å²) in [7, 11) is 0. The van der Waals surface area contributed by atoms with Gasteiger partial charge in [-0.3, -0.25) is 15.3 Å². The minimum absolute atomic E-state index is 0.590. The Balaban J connectivity index is 1.60. The van der Waals surface area contributed by atoms with Crippen molar-refractivity contribution in [3.8, 4) is 0 Å². The molecular weight excluding hydrogens is 380 g/mol. The second-order valence-corrected chi connectivity index (χ2v) is 8.51. The Bertz CT molecular complexity index is 898. The van der Waals surface area contributed by atoms with Crippen LogP contribution in [0.3, 0.4) is 0 Å². The fourth-order valence-electron chi connectivity index (χ4n) is 4.09. The van der Waals surface area contributed by atoms with Gasteiger partial charge in [-0.1, -0.05) is 44.0 Å². The molecule has 3 rings (SSSR count). The summed E-state index contributed by atoms with van der Waals surface area (Å²) in [6.07, 6.45) is 17.4. The summed E-state index contributed by atoms with van der Waals surface area (Å²) in [6.45, 7) is 13.7. The van der Waals surface area contributed by atoms with Crippen molar-refractivity contribution in [2.45, 2.75) is 58.4 Å². The summed E-state index contributed by atoms with van der Waals surface area (Å²) < 4.78 is 0. The number of nitrogens with zero attached hydrogens (tertiary/aromatic N) is 3. The van der Waals surface area contributed by atoms with Crippen LogP contribution in [0.15, 0.2) is 76.7 Å². The van der Waals surface area contributed by atoms with Gasteiger partial charge in [0.25, 0.3) is 0 Å². The van der Waals surface area contributed by atoms with Crippen LogP contribution < -0.4 is 5.32 Å². The van der Waals surface area contributed by atoms with Crippen molar-refractivity contribution in [1.82, 2.24) is 10.2 Å². The molecule has 0 bridgehead atoms. The first-order chi connectivity index (χ1) is 15.1. The average Bonchev–Trinajstić information content (AvgIpc) is 2.78. The van der Waals surface area contributed by atoms with E-state index in [-0.39, 0.29) is 0 Å². The molecule has 31 heavy (non-hydrogen) atoms. The fourth-order valence-corrected chi connectivity index (χ4v) is 4.09. The van der Waals surface area contributed by atoms with Crippen LogP contribution >= 0.6 is 0 Å². The molecule has 1 aliphatic heterocycles. The maximum absolute atomic E-state index is 4.80. The Hall–Kier alpha value is -2.72. The Kier molecular flexibility index (Phi) is 8.60. The first kappa shape index (κ1) is 23.0. The zero-order valence-electron chi connectivity index (χ0n) is 19.1. The van der Waals surface area contributed by atoms with E-state index in [0.717, 1.165) is 29.9 Å². The summed E-state index contributed by atoms with van der Waals surface area (Å²) in [5.74, 6) is 0. The lowest BCUT2D eigenvalue weighted by atomic mass is 9.96. The maximum Gasteiger partial charge on any atom is 0.0894 e. The van der Waals surface area contributed by atoms with Gasteiger partial charge in [0.15, 0.2) is 0 Å². The van der Waals surface area contributed by atoms with E-state index in [0.29, 0.717) is 12.7 Å². The monoisotopic (exact) mass is 416 g/mol. The van der Waals surface area contributed by atoms with Gasteiger partial charge in [0, 0.05) is 36.3 Å². The van der Waals surface area contributed by atoms with E-state index < -0.39 is 0 Å². The van der Waals surface area contributed by atoms with Gasteiger partial charge in [0.05, 0.1) is 12.4 Å². The normalized spacial score (nSPS) is 18.0. The van der Waals surface area contributed by atoms with Crippen molar-refractivity contribution in [1.29, 1.82) is 0 Å². The van der Waals surface area contributed by atoms with E-state index in [1.54, 1.807) is 6.20 Å². The molecule has 164 valence electrons. The number of aliphatic imine (C=N–C) groups is 2. The van der Waals surface area contributed by atoms with Crippen LogP contribution in [0.2, 0.25) is 0 Å². The predicted molar refractivity (Wildman–Crippen MR) is 134 cm³/mol. The summed E-state index contributed by atoms with van der Waals surface area (Å²) in [6, 6.07) is 7.29. The van der Waals surface area contributed by atoms with Gasteiger partial charge in [0.2, 0.25) is 0 Å². The zero-order valence-corrected chi connectivity index (χ0v) is 19.1. The maximum atomic E-state index is 4.80. The summed E-state index contributed by atoms with van der Waals surface area (Å²) >= 11 is 0. The molecule has 0 unspecified atom stereocenters. The molecule has 0 spiro atoms. The van der Waals surface area contributed by atoms with Crippen molar-refractivity contribution >= 4 is 12.4 Å². The number of benzene rings is 1. The molecule has 0 aromatic heterocycles. The number of nitrogens with one attached hydrogen (secondary N) is 1. The Morgan fingerprint density at radius 1 is 1.19 bits per heavy atom. The van der Waals surface area contributed by atoms with E-state index in [2.05, 4.69) is 78.9 Å². The third-order valence-electron chi connectivity index (χ3n) is 6.21. The minimum atomic E-state index is 0.590. The van der Waals surface area contributed by atoms with Gasteiger partial charge in [-0.15, -0.1) is 0 Å². The van der Waals surface area contributed by atoms with E-state index in [9.17, 15) is 0 Å². The lowest BCUT2D eigenvalue weighted by Gasteiger charge is -2.25. The lowest BCUT2D eigenvalue weighted by Crippen LogP contribution is -2.31. The molecule has 1 aromatic rings. The third kappa shape index (κ3) is 6.90. The quantitative estimate of drug-likeness (QED) is 0.528. The van der Waals surface area contributed by atoms with Crippen LogP contribution in [-0.4, -0.2) is 36.6 Å². The highest BCUT2D eigenvalue weighted by Crippen LogP contribution is 2.20. The molecule has 2 aliphatic rings. The van der Waals surface area contributed by atoms with Gasteiger partial charge in [-0.2, -0.15) is 0 Å². The molecule has 0 radical (unpaired) electrons. The topological polar surface area (TPSA) is 40.0 Å². The van der Waals surface area contributed by atoms with E-state index >= 15 is 0 Å². The van der Waals surface area contributed by atoms with Crippen LogP contribution in [0.1, 0.15) is 48.8 Å². The van der Waals surface area contributed by atoms with Crippen molar-refractivity contribution < 1.29 is 0 Å². The SMILES string of the molecule is C=N/C=C\C(=NCNC1CCCCC1)C1=CC(=C)N(CCc2ccc(C)c(C)c2)C=C1. The van der Waals surface area contributed by atoms with Gasteiger partial charge >= 0.3 is 0 Å². The standard InChI is InChI=1S/C27H36N4/c1-21-10-11-24(18-22(21)2)13-16-31-17-14-25(19-23(31)3)27(12-15-28-4)30-20-29-26-8-6-5-7-9-26/h10-12,14-15,17-19,26,29H,3-9,13,16,20H2,1-2H3/b15-12-,30-27?. The molecule has 0 saturated heterocycles. The molecule has 4 heteroatoms. The molecule has 1 saturated carbocycles. The predicted octanol–water partition coefficient (Wildman–Crippen LogP) is 5.65. The van der Waals surface area contributed by atoms with Crippen LogP contribution in [0.5, 0.6) is 0 Å². The minimum Gasteiger partial charge on any atom is -0.348 e. The summed E-state index contributed by atoms with van der Waals surface area (Å²) in [5.41, 5.74) is 6.98. The van der Waals surface area contributed by atoms with Gasteiger partial charge in [-0.25, -0.2) is 0 Å². The molecule has 1 aromatic carbocycles. The van der Waals surface area contributed by atoms with Crippen molar-refractivity contribution in [3.05, 3.63) is 83.4 Å². The first-order valence-electron chi connectivity index (χ1n) is 11.4. The van der Waals surface area contributed by atoms with Crippen LogP contribution in [0, 0.1) is 13.8 Å². The number of rotatable bonds is 9. The molecule has 1 aliphatic carbocycles. The highest BCUT2D eigenvalue weighted by atomic mass is 15.1. The van der Waals surface area contributed by atoms with Gasteiger partial charge < -0.3 is 4.90 Å². The van der Waals surface area contributed by atoms with Crippen LogP contribution in [0.4, 0.5) is 0 Å². The number of aryl methyl sites for hydroxylation is 2. The summed E-state index contributed by atoms with van der Waals surface area (Å²) in [4.78, 5) is 10.9.